The number of hydrogen-bond donors (Lipinski definition) is 0. The molecule has 0 amide bonds. The van der Waals surface area contributed by atoms with E-state index in [0.29, 0.717) is 29.9 Å². The lowest BCUT2D eigenvalue weighted by Gasteiger charge is -2.36. The molecule has 0 radical (unpaired) electrons. The number of nitro groups is 1. The van der Waals surface area contributed by atoms with Crippen LogP contribution in [0.15, 0.2) is 18.2 Å². The molecule has 0 saturated heterocycles. The van der Waals surface area contributed by atoms with Crippen molar-refractivity contribution in [1.82, 2.24) is 0 Å². The van der Waals surface area contributed by atoms with E-state index in [1.165, 1.54) is 7.11 Å². The Morgan fingerprint density at radius 3 is 2.91 bits per heavy atom. The minimum absolute atomic E-state index is 0.0475. The number of methoxy groups -OCH3 is 1. The summed E-state index contributed by atoms with van der Waals surface area (Å²) in [5, 5.41) is 12.0. The normalized spacial score (nSPS) is 25.9. The van der Waals surface area contributed by atoms with Crippen LogP contribution in [-0.2, 0) is 15.1 Å². The molecule has 1 aliphatic heterocycles. The van der Waals surface area contributed by atoms with Crippen molar-refractivity contribution in [3.05, 3.63) is 33.9 Å². The monoisotopic (exact) mass is 321 g/mol. The lowest BCUT2D eigenvalue weighted by Crippen LogP contribution is -2.46. The first-order chi connectivity index (χ1) is 11.1. The van der Waals surface area contributed by atoms with E-state index in [1.807, 2.05) is 0 Å². The highest BCUT2D eigenvalue weighted by Gasteiger charge is 2.54. The number of esters is 1. The number of carbonyl (C=O) groups is 1. The van der Waals surface area contributed by atoms with Gasteiger partial charge in [0.2, 0.25) is 6.79 Å². The minimum Gasteiger partial charge on any atom is -0.469 e. The molecule has 2 atom stereocenters. The van der Waals surface area contributed by atoms with E-state index in [2.05, 4.69) is 0 Å². The Kier molecular flexibility index (Phi) is 4.11. The van der Waals surface area contributed by atoms with Crippen LogP contribution >= 0.6 is 0 Å². The summed E-state index contributed by atoms with van der Waals surface area (Å²) in [6.07, 6.45) is 2.71. The van der Waals surface area contributed by atoms with Gasteiger partial charge in [-0.3, -0.25) is 14.9 Å². The molecule has 1 fully saturated rings. The van der Waals surface area contributed by atoms with Crippen LogP contribution in [0.1, 0.15) is 37.7 Å². The summed E-state index contributed by atoms with van der Waals surface area (Å²) in [4.78, 5) is 23.5. The van der Waals surface area contributed by atoms with Crippen LogP contribution in [0.5, 0.6) is 11.5 Å². The van der Waals surface area contributed by atoms with Gasteiger partial charge in [0.1, 0.15) is 0 Å². The van der Waals surface area contributed by atoms with E-state index in [0.717, 1.165) is 12.8 Å². The highest BCUT2D eigenvalue weighted by atomic mass is 16.7. The van der Waals surface area contributed by atoms with Crippen molar-refractivity contribution in [2.24, 2.45) is 5.92 Å². The van der Waals surface area contributed by atoms with Gasteiger partial charge in [-0.15, -0.1) is 0 Å². The molecule has 0 spiro atoms. The van der Waals surface area contributed by atoms with Gasteiger partial charge in [-0.05, 0) is 31.0 Å². The SMILES string of the molecule is COC(=O)C[C@@H]1CCCC[C@]1(c1ccc2c(c1)OCO2)[N+](=O)[O-]. The molecule has 7 heteroatoms. The topological polar surface area (TPSA) is 87.9 Å². The third kappa shape index (κ3) is 2.60. The van der Waals surface area contributed by atoms with Crippen molar-refractivity contribution >= 4 is 5.97 Å². The van der Waals surface area contributed by atoms with Gasteiger partial charge in [0, 0.05) is 22.8 Å². The van der Waals surface area contributed by atoms with Crippen LogP contribution in [0.3, 0.4) is 0 Å². The summed E-state index contributed by atoms with van der Waals surface area (Å²) in [5.41, 5.74) is -0.715. The molecule has 0 aromatic heterocycles. The fourth-order valence-electron chi connectivity index (χ4n) is 3.68. The molecule has 2 aliphatic rings. The van der Waals surface area contributed by atoms with E-state index in [-0.39, 0.29) is 24.1 Å². The lowest BCUT2D eigenvalue weighted by atomic mass is 9.68. The molecule has 0 unspecified atom stereocenters. The van der Waals surface area contributed by atoms with Gasteiger partial charge in [-0.2, -0.15) is 0 Å². The number of fused-ring (bicyclic) bond motifs is 1. The largest absolute Gasteiger partial charge is 0.469 e. The Labute approximate surface area is 133 Å². The average Bonchev–Trinajstić information content (AvgIpc) is 3.02. The number of nitrogens with zero attached hydrogens (tertiary/aromatic N) is 1. The number of carbonyl (C=O) groups excluding carboxylic acids is 1. The highest BCUT2D eigenvalue weighted by Crippen LogP contribution is 2.48. The smallest absolute Gasteiger partial charge is 0.306 e. The Bertz CT molecular complexity index is 631. The Hall–Kier alpha value is -2.31. The number of benzene rings is 1. The zero-order chi connectivity index (χ0) is 16.4. The maximum Gasteiger partial charge on any atom is 0.306 e. The quantitative estimate of drug-likeness (QED) is 0.481. The zero-order valence-electron chi connectivity index (χ0n) is 12.9. The summed E-state index contributed by atoms with van der Waals surface area (Å²) in [6, 6.07) is 5.10. The Balaban J connectivity index is 2.03. The van der Waals surface area contributed by atoms with Crippen molar-refractivity contribution < 1.29 is 23.9 Å². The molecule has 0 bridgehead atoms. The maximum absolute atomic E-state index is 12.0. The van der Waals surface area contributed by atoms with Gasteiger partial charge in [-0.1, -0.05) is 6.42 Å². The Morgan fingerprint density at radius 1 is 1.39 bits per heavy atom. The zero-order valence-corrected chi connectivity index (χ0v) is 12.9. The number of rotatable bonds is 4. The van der Waals surface area contributed by atoms with Crippen LogP contribution in [0.2, 0.25) is 0 Å². The molecule has 1 aliphatic carbocycles. The van der Waals surface area contributed by atoms with E-state index >= 15 is 0 Å². The molecular weight excluding hydrogens is 302 g/mol. The lowest BCUT2D eigenvalue weighted by molar-refractivity contribution is -0.595. The summed E-state index contributed by atoms with van der Waals surface area (Å²) < 4.78 is 15.4. The predicted octanol–water partition coefficient (Wildman–Crippen LogP) is 2.64. The predicted molar refractivity (Wildman–Crippen MR) is 79.8 cm³/mol. The van der Waals surface area contributed by atoms with Crippen molar-refractivity contribution in [1.29, 1.82) is 0 Å². The molecular formula is C16H19NO6. The summed E-state index contributed by atoms with van der Waals surface area (Å²) in [6.45, 7) is 0.121. The molecule has 1 aromatic carbocycles. The van der Waals surface area contributed by atoms with Crippen molar-refractivity contribution in [3.8, 4) is 11.5 Å². The first kappa shape index (κ1) is 15.6. The summed E-state index contributed by atoms with van der Waals surface area (Å²) in [5.74, 6) is 0.307. The number of ether oxygens (including phenoxy) is 3. The van der Waals surface area contributed by atoms with Crippen molar-refractivity contribution in [3.63, 3.8) is 0 Å². The fourth-order valence-corrected chi connectivity index (χ4v) is 3.68. The van der Waals surface area contributed by atoms with E-state index < -0.39 is 11.5 Å². The third-order valence-corrected chi connectivity index (χ3v) is 4.87. The molecule has 3 rings (SSSR count). The first-order valence-electron chi connectivity index (χ1n) is 7.69. The van der Waals surface area contributed by atoms with E-state index in [4.69, 9.17) is 14.2 Å². The molecule has 1 aromatic rings. The second kappa shape index (κ2) is 6.06. The van der Waals surface area contributed by atoms with Crippen LogP contribution in [0, 0.1) is 16.0 Å². The third-order valence-electron chi connectivity index (χ3n) is 4.87. The Morgan fingerprint density at radius 2 is 2.17 bits per heavy atom. The molecule has 1 saturated carbocycles. The van der Waals surface area contributed by atoms with Gasteiger partial charge < -0.3 is 14.2 Å². The minimum atomic E-state index is -1.28. The first-order valence-corrected chi connectivity index (χ1v) is 7.69. The van der Waals surface area contributed by atoms with E-state index in [9.17, 15) is 14.9 Å². The van der Waals surface area contributed by atoms with Gasteiger partial charge in [0.25, 0.3) is 5.54 Å². The molecule has 124 valence electrons. The van der Waals surface area contributed by atoms with Crippen LogP contribution in [0.25, 0.3) is 0 Å². The van der Waals surface area contributed by atoms with Gasteiger partial charge in [-0.25, -0.2) is 0 Å². The van der Waals surface area contributed by atoms with Gasteiger partial charge in [0.15, 0.2) is 11.5 Å². The molecule has 23 heavy (non-hydrogen) atoms. The van der Waals surface area contributed by atoms with Crippen LogP contribution in [0.4, 0.5) is 0 Å². The van der Waals surface area contributed by atoms with Gasteiger partial charge >= 0.3 is 5.97 Å². The summed E-state index contributed by atoms with van der Waals surface area (Å²) in [7, 11) is 1.31. The molecule has 1 heterocycles. The van der Waals surface area contributed by atoms with E-state index in [1.54, 1.807) is 18.2 Å². The second-order valence-electron chi connectivity index (χ2n) is 5.97. The van der Waals surface area contributed by atoms with Crippen molar-refractivity contribution in [2.45, 2.75) is 37.6 Å². The molecule has 0 N–H and O–H groups in total. The van der Waals surface area contributed by atoms with Gasteiger partial charge in [0.05, 0.1) is 13.5 Å². The van der Waals surface area contributed by atoms with Crippen LogP contribution < -0.4 is 9.47 Å². The van der Waals surface area contributed by atoms with Crippen LogP contribution in [-0.4, -0.2) is 24.8 Å². The summed E-state index contributed by atoms with van der Waals surface area (Å²) >= 11 is 0. The second-order valence-corrected chi connectivity index (χ2v) is 5.97. The maximum atomic E-state index is 12.0. The number of hydrogen-bond acceptors (Lipinski definition) is 6. The highest BCUT2D eigenvalue weighted by molar-refractivity contribution is 5.69. The van der Waals surface area contributed by atoms with Crippen molar-refractivity contribution in [2.75, 3.05) is 13.9 Å². The average molecular weight is 321 g/mol. The standard InChI is InChI=1S/C16H19NO6/c1-21-15(18)9-11-4-2-3-7-16(11,17(19)20)12-5-6-13-14(8-12)23-10-22-13/h5-6,8,11H,2-4,7,9-10H2,1H3/t11-,16-/m0/s1. The fraction of sp³-hybridized carbons (Fsp3) is 0.562. The molecule has 7 nitrogen and oxygen atoms in total.